The fraction of sp³-hybridized carbons (Fsp3) is 0.259. The van der Waals surface area contributed by atoms with Gasteiger partial charge in [0, 0.05) is 31.9 Å². The van der Waals surface area contributed by atoms with Crippen molar-refractivity contribution < 1.29 is 31.9 Å². The highest BCUT2D eigenvalue weighted by Gasteiger charge is 2.29. The Hall–Kier alpha value is -3.96. The molecule has 0 spiro atoms. The molecule has 3 aromatic rings. The van der Waals surface area contributed by atoms with E-state index in [1.54, 1.807) is 24.3 Å². The van der Waals surface area contributed by atoms with Gasteiger partial charge in [-0.05, 0) is 67.1 Å². The first-order valence-corrected chi connectivity index (χ1v) is 13.3. The van der Waals surface area contributed by atoms with Crippen molar-refractivity contribution in [3.05, 3.63) is 83.7 Å². The van der Waals surface area contributed by atoms with E-state index in [2.05, 4.69) is 5.32 Å². The molecular weight excluding hydrogens is 513 g/mol. The van der Waals surface area contributed by atoms with Gasteiger partial charge in [-0.3, -0.25) is 4.79 Å². The summed E-state index contributed by atoms with van der Waals surface area (Å²) < 4.78 is 51.4. The van der Waals surface area contributed by atoms with Crippen LogP contribution < -0.4 is 15.0 Å². The molecule has 11 heteroatoms. The summed E-state index contributed by atoms with van der Waals surface area (Å²) in [5, 5.41) is 2.64. The highest BCUT2D eigenvalue weighted by Crippen LogP contribution is 2.25. The zero-order valence-corrected chi connectivity index (χ0v) is 21.8. The van der Waals surface area contributed by atoms with E-state index in [9.17, 15) is 22.4 Å². The Morgan fingerprint density at radius 2 is 1.68 bits per heavy atom. The number of anilines is 2. The van der Waals surface area contributed by atoms with Crippen LogP contribution in [0.2, 0.25) is 0 Å². The number of methoxy groups -OCH3 is 1. The molecule has 1 aliphatic rings. The third-order valence-corrected chi connectivity index (χ3v) is 8.00. The number of nitrogens with zero attached hydrogens (tertiary/aromatic N) is 2. The fourth-order valence-corrected chi connectivity index (χ4v) is 5.56. The molecule has 0 saturated carbocycles. The van der Waals surface area contributed by atoms with E-state index in [1.807, 2.05) is 17.9 Å². The molecule has 9 nitrogen and oxygen atoms in total. The van der Waals surface area contributed by atoms with Crippen molar-refractivity contribution in [2.24, 2.45) is 0 Å². The first kappa shape index (κ1) is 27.1. The van der Waals surface area contributed by atoms with Crippen LogP contribution in [0.25, 0.3) is 0 Å². The number of aryl methyl sites for hydroxylation is 1. The quantitative estimate of drug-likeness (QED) is 0.436. The predicted molar refractivity (Wildman–Crippen MR) is 140 cm³/mol. The molecule has 1 fully saturated rings. The number of amides is 1. The van der Waals surface area contributed by atoms with Crippen molar-refractivity contribution in [3.63, 3.8) is 0 Å². The van der Waals surface area contributed by atoms with Gasteiger partial charge in [-0.25, -0.2) is 17.6 Å². The lowest BCUT2D eigenvalue weighted by Crippen LogP contribution is -2.48. The Balaban J connectivity index is 1.36. The molecule has 0 unspecified atom stereocenters. The van der Waals surface area contributed by atoms with E-state index in [4.69, 9.17) is 9.47 Å². The van der Waals surface area contributed by atoms with Gasteiger partial charge in [-0.2, -0.15) is 4.31 Å². The van der Waals surface area contributed by atoms with Crippen LogP contribution in [0.1, 0.15) is 15.9 Å². The zero-order chi connectivity index (χ0) is 27.3. The average Bonchev–Trinajstić information content (AvgIpc) is 2.92. The monoisotopic (exact) mass is 541 g/mol. The van der Waals surface area contributed by atoms with E-state index in [-0.39, 0.29) is 29.4 Å². The van der Waals surface area contributed by atoms with Crippen molar-refractivity contribution in [2.75, 3.05) is 50.1 Å². The van der Waals surface area contributed by atoms with Crippen LogP contribution in [0.3, 0.4) is 0 Å². The van der Waals surface area contributed by atoms with Gasteiger partial charge in [0.15, 0.2) is 6.61 Å². The molecule has 1 heterocycles. The number of esters is 1. The van der Waals surface area contributed by atoms with E-state index in [0.29, 0.717) is 24.5 Å². The maximum Gasteiger partial charge on any atom is 0.338 e. The Morgan fingerprint density at radius 3 is 2.37 bits per heavy atom. The molecular formula is C27H28FN3O6S. The molecule has 0 bridgehead atoms. The lowest BCUT2D eigenvalue weighted by atomic mass is 10.2. The number of nitrogens with one attached hydrogen (secondary N) is 1. The minimum atomic E-state index is -3.87. The normalized spacial score (nSPS) is 14.1. The molecule has 4 rings (SSSR count). The summed E-state index contributed by atoms with van der Waals surface area (Å²) >= 11 is 0. The number of benzene rings is 3. The van der Waals surface area contributed by atoms with Crippen LogP contribution in [0, 0.1) is 12.7 Å². The van der Waals surface area contributed by atoms with Gasteiger partial charge in [0.25, 0.3) is 5.91 Å². The molecule has 0 atom stereocenters. The summed E-state index contributed by atoms with van der Waals surface area (Å²) in [6, 6.07) is 16.9. The molecule has 3 aromatic carbocycles. The molecule has 200 valence electrons. The summed E-state index contributed by atoms with van der Waals surface area (Å²) in [5.74, 6) is -1.26. The number of carbonyl (C=O) groups is 2. The van der Waals surface area contributed by atoms with E-state index in [1.165, 1.54) is 47.8 Å². The number of halogens is 1. The van der Waals surface area contributed by atoms with Gasteiger partial charge in [-0.15, -0.1) is 0 Å². The van der Waals surface area contributed by atoms with Gasteiger partial charge in [-0.1, -0.05) is 12.1 Å². The van der Waals surface area contributed by atoms with Crippen molar-refractivity contribution in [2.45, 2.75) is 11.8 Å². The van der Waals surface area contributed by atoms with Gasteiger partial charge >= 0.3 is 5.97 Å². The lowest BCUT2D eigenvalue weighted by molar-refractivity contribution is -0.119. The van der Waals surface area contributed by atoms with Crippen LogP contribution in [0.15, 0.2) is 71.6 Å². The highest BCUT2D eigenvalue weighted by atomic mass is 32.2. The largest absolute Gasteiger partial charge is 0.495 e. The summed E-state index contributed by atoms with van der Waals surface area (Å²) in [6.45, 7) is 2.65. The molecule has 1 N–H and O–H groups in total. The average molecular weight is 542 g/mol. The standard InChI is InChI=1S/C27H28FN3O6S/c1-19-6-11-25(36-2)24(16-19)29-26(32)18-37-27(33)20-4-3-5-23(17-20)38(34,35)31-14-12-30(13-15-31)22-9-7-21(28)8-10-22/h3-11,16-17H,12-15,18H2,1-2H3,(H,29,32). The van der Waals surface area contributed by atoms with E-state index < -0.39 is 28.5 Å². The molecule has 0 aliphatic carbocycles. The third kappa shape index (κ3) is 6.29. The van der Waals surface area contributed by atoms with Crippen molar-refractivity contribution in [1.82, 2.24) is 4.31 Å². The molecule has 1 saturated heterocycles. The predicted octanol–water partition coefficient (Wildman–Crippen LogP) is 3.45. The second kappa shape index (κ2) is 11.6. The van der Waals surface area contributed by atoms with Crippen LogP contribution in [0.5, 0.6) is 5.75 Å². The van der Waals surface area contributed by atoms with Gasteiger partial charge < -0.3 is 19.7 Å². The second-order valence-corrected chi connectivity index (χ2v) is 10.7. The number of piperazine rings is 1. The Labute approximate surface area is 220 Å². The van der Waals surface area contributed by atoms with Gasteiger partial charge in [0.1, 0.15) is 11.6 Å². The van der Waals surface area contributed by atoms with Crippen LogP contribution >= 0.6 is 0 Å². The SMILES string of the molecule is COc1ccc(C)cc1NC(=O)COC(=O)c1cccc(S(=O)(=O)N2CCN(c3ccc(F)cc3)CC2)c1. The van der Waals surface area contributed by atoms with Crippen molar-refractivity contribution >= 4 is 33.3 Å². The number of rotatable bonds is 8. The molecule has 0 radical (unpaired) electrons. The number of hydrogen-bond donors (Lipinski definition) is 1. The Morgan fingerprint density at radius 1 is 0.974 bits per heavy atom. The van der Waals surface area contributed by atoms with Crippen LogP contribution in [-0.4, -0.2) is 64.5 Å². The van der Waals surface area contributed by atoms with Crippen molar-refractivity contribution in [3.8, 4) is 5.75 Å². The van der Waals surface area contributed by atoms with Crippen molar-refractivity contribution in [1.29, 1.82) is 0 Å². The van der Waals surface area contributed by atoms with E-state index >= 15 is 0 Å². The number of sulfonamides is 1. The van der Waals surface area contributed by atoms with Crippen LogP contribution in [0.4, 0.5) is 15.8 Å². The van der Waals surface area contributed by atoms with Gasteiger partial charge in [0.05, 0.1) is 23.3 Å². The third-order valence-electron chi connectivity index (χ3n) is 6.10. The minimum absolute atomic E-state index is 0.0111. The lowest BCUT2D eigenvalue weighted by Gasteiger charge is -2.35. The molecule has 1 amide bonds. The maximum absolute atomic E-state index is 13.2. The molecule has 0 aromatic heterocycles. The highest BCUT2D eigenvalue weighted by molar-refractivity contribution is 7.89. The summed E-state index contributed by atoms with van der Waals surface area (Å²) in [7, 11) is -2.39. The molecule has 1 aliphatic heterocycles. The summed E-state index contributed by atoms with van der Waals surface area (Å²) in [4.78, 5) is 26.9. The summed E-state index contributed by atoms with van der Waals surface area (Å²) in [6.07, 6.45) is 0. The van der Waals surface area contributed by atoms with E-state index in [0.717, 1.165) is 11.3 Å². The summed E-state index contributed by atoms with van der Waals surface area (Å²) in [5.41, 5.74) is 2.18. The number of carbonyl (C=O) groups excluding carboxylic acids is 2. The smallest absolute Gasteiger partial charge is 0.338 e. The zero-order valence-electron chi connectivity index (χ0n) is 21.0. The second-order valence-electron chi connectivity index (χ2n) is 8.72. The maximum atomic E-state index is 13.2. The Bertz CT molecular complexity index is 1420. The number of ether oxygens (including phenoxy) is 2. The first-order valence-electron chi connectivity index (χ1n) is 11.9. The Kier molecular flexibility index (Phi) is 8.28. The molecule has 38 heavy (non-hydrogen) atoms. The topological polar surface area (TPSA) is 105 Å². The number of hydrogen-bond acceptors (Lipinski definition) is 7. The van der Waals surface area contributed by atoms with Crippen LogP contribution in [-0.2, 0) is 19.6 Å². The first-order chi connectivity index (χ1) is 18.2. The minimum Gasteiger partial charge on any atom is -0.495 e. The fourth-order valence-electron chi connectivity index (χ4n) is 4.09. The van der Waals surface area contributed by atoms with Gasteiger partial charge in [0.2, 0.25) is 10.0 Å².